The molecule has 0 saturated carbocycles. The fraction of sp³-hybridized carbons (Fsp3) is 0.417. The van der Waals surface area contributed by atoms with E-state index in [1.54, 1.807) is 7.11 Å². The first-order valence-corrected chi connectivity index (χ1v) is 5.01. The van der Waals surface area contributed by atoms with E-state index in [4.69, 9.17) is 9.47 Å². The van der Waals surface area contributed by atoms with Crippen molar-refractivity contribution < 1.29 is 19.0 Å². The molecule has 0 bridgehead atoms. The molecule has 0 N–H and O–H groups in total. The molecule has 0 aliphatic rings. The van der Waals surface area contributed by atoms with Crippen LogP contribution in [-0.4, -0.2) is 26.5 Å². The van der Waals surface area contributed by atoms with Gasteiger partial charge in [0.25, 0.3) is 0 Å². The highest BCUT2D eigenvalue weighted by atomic mass is 16.7. The molecule has 1 aromatic rings. The van der Waals surface area contributed by atoms with Crippen molar-refractivity contribution in [2.45, 2.75) is 19.1 Å². The maximum absolute atomic E-state index is 11.1. The number of ether oxygens (including phenoxy) is 3. The quantitative estimate of drug-likeness (QED) is 0.737. The number of rotatable bonds is 4. The molecule has 0 amide bonds. The Morgan fingerprint density at radius 1 is 1.19 bits per heavy atom. The number of carbonyl (C=O) groups excluding carboxylic acids is 1. The van der Waals surface area contributed by atoms with Crippen molar-refractivity contribution in [2.24, 2.45) is 0 Å². The van der Waals surface area contributed by atoms with Crippen molar-refractivity contribution in [2.75, 3.05) is 14.2 Å². The average Bonchev–Trinajstić information content (AvgIpc) is 2.35. The van der Waals surface area contributed by atoms with Crippen LogP contribution in [0.2, 0.25) is 0 Å². The zero-order valence-electron chi connectivity index (χ0n) is 9.67. The molecular formula is C12H16O4. The number of hydrogen-bond acceptors (Lipinski definition) is 4. The van der Waals surface area contributed by atoms with E-state index in [9.17, 15) is 4.79 Å². The maximum atomic E-state index is 11.1. The number of benzene rings is 1. The lowest BCUT2D eigenvalue weighted by Gasteiger charge is -2.22. The Morgan fingerprint density at radius 2 is 1.81 bits per heavy atom. The van der Waals surface area contributed by atoms with E-state index in [2.05, 4.69) is 4.74 Å². The average molecular weight is 224 g/mol. The van der Waals surface area contributed by atoms with Crippen LogP contribution in [0, 0.1) is 0 Å². The Morgan fingerprint density at radius 3 is 2.31 bits per heavy atom. The number of methoxy groups -OCH3 is 2. The largest absolute Gasteiger partial charge is 0.508 e. The number of hydrogen-bond donors (Lipinski definition) is 0. The van der Waals surface area contributed by atoms with Crippen LogP contribution in [-0.2, 0) is 14.2 Å². The van der Waals surface area contributed by atoms with Gasteiger partial charge in [-0.25, -0.2) is 4.79 Å². The van der Waals surface area contributed by atoms with Crippen LogP contribution >= 0.6 is 0 Å². The first kappa shape index (κ1) is 12.5. The molecule has 16 heavy (non-hydrogen) atoms. The van der Waals surface area contributed by atoms with Gasteiger partial charge in [-0.05, 0) is 12.5 Å². The lowest BCUT2D eigenvalue weighted by atomic mass is 10.1. The van der Waals surface area contributed by atoms with Gasteiger partial charge in [0.2, 0.25) is 0 Å². The standard InChI is InChI=1S/C12H16O4/c1-9(14-2)11(16-12(13)15-3)10-7-5-4-6-8-10/h4-9,11H,1-3H3. The zero-order valence-corrected chi connectivity index (χ0v) is 9.67. The Labute approximate surface area is 95.1 Å². The van der Waals surface area contributed by atoms with E-state index < -0.39 is 12.3 Å². The third kappa shape index (κ3) is 3.24. The molecular weight excluding hydrogens is 208 g/mol. The molecule has 4 heteroatoms. The van der Waals surface area contributed by atoms with Gasteiger partial charge in [0.1, 0.15) is 0 Å². The van der Waals surface area contributed by atoms with Crippen molar-refractivity contribution in [1.29, 1.82) is 0 Å². The van der Waals surface area contributed by atoms with Crippen LogP contribution in [0.15, 0.2) is 30.3 Å². The lowest BCUT2D eigenvalue weighted by Crippen LogP contribution is -2.23. The Bertz CT molecular complexity index is 323. The molecule has 0 radical (unpaired) electrons. The van der Waals surface area contributed by atoms with Crippen molar-refractivity contribution in [3.8, 4) is 0 Å². The van der Waals surface area contributed by atoms with E-state index >= 15 is 0 Å². The summed E-state index contributed by atoms with van der Waals surface area (Å²) in [7, 11) is 2.85. The molecule has 2 atom stereocenters. The molecule has 2 unspecified atom stereocenters. The first-order chi connectivity index (χ1) is 7.69. The normalized spacial score (nSPS) is 13.9. The van der Waals surface area contributed by atoms with Crippen molar-refractivity contribution >= 4 is 6.16 Å². The lowest BCUT2D eigenvalue weighted by molar-refractivity contribution is -0.0371. The second-order valence-corrected chi connectivity index (χ2v) is 3.34. The molecule has 0 heterocycles. The first-order valence-electron chi connectivity index (χ1n) is 5.01. The second kappa shape index (κ2) is 6.12. The van der Waals surface area contributed by atoms with E-state index in [0.29, 0.717) is 0 Å². The maximum Gasteiger partial charge on any atom is 0.508 e. The molecule has 0 aromatic heterocycles. The predicted molar refractivity (Wildman–Crippen MR) is 59.1 cm³/mol. The van der Waals surface area contributed by atoms with Gasteiger partial charge < -0.3 is 14.2 Å². The van der Waals surface area contributed by atoms with Crippen LogP contribution in [0.3, 0.4) is 0 Å². The second-order valence-electron chi connectivity index (χ2n) is 3.34. The molecule has 0 aliphatic carbocycles. The minimum absolute atomic E-state index is 0.235. The van der Waals surface area contributed by atoms with Gasteiger partial charge in [-0.2, -0.15) is 0 Å². The van der Waals surface area contributed by atoms with Gasteiger partial charge in [0, 0.05) is 7.11 Å². The van der Waals surface area contributed by atoms with Crippen molar-refractivity contribution in [1.82, 2.24) is 0 Å². The van der Waals surface area contributed by atoms with Crippen LogP contribution in [0.1, 0.15) is 18.6 Å². The SMILES string of the molecule is COC(=O)OC(c1ccccc1)C(C)OC. The fourth-order valence-corrected chi connectivity index (χ4v) is 1.35. The highest BCUT2D eigenvalue weighted by molar-refractivity contribution is 5.60. The summed E-state index contributed by atoms with van der Waals surface area (Å²) >= 11 is 0. The highest BCUT2D eigenvalue weighted by Gasteiger charge is 2.23. The van der Waals surface area contributed by atoms with E-state index in [1.807, 2.05) is 37.3 Å². The van der Waals surface area contributed by atoms with Crippen LogP contribution in [0.4, 0.5) is 4.79 Å². The summed E-state index contributed by atoms with van der Waals surface area (Å²) in [6, 6.07) is 9.42. The third-order valence-corrected chi connectivity index (χ3v) is 2.32. The molecule has 0 spiro atoms. The summed E-state index contributed by atoms with van der Waals surface area (Å²) in [6.45, 7) is 1.83. The Kier molecular flexibility index (Phi) is 4.79. The van der Waals surface area contributed by atoms with Gasteiger partial charge in [-0.15, -0.1) is 0 Å². The van der Waals surface area contributed by atoms with Gasteiger partial charge in [-0.1, -0.05) is 30.3 Å². The van der Waals surface area contributed by atoms with Gasteiger partial charge in [-0.3, -0.25) is 0 Å². The fourth-order valence-electron chi connectivity index (χ4n) is 1.35. The van der Waals surface area contributed by atoms with Gasteiger partial charge in [0.05, 0.1) is 13.2 Å². The van der Waals surface area contributed by atoms with Crippen LogP contribution in [0.5, 0.6) is 0 Å². The monoisotopic (exact) mass is 224 g/mol. The number of carbonyl (C=O) groups is 1. The molecule has 1 aromatic carbocycles. The zero-order chi connectivity index (χ0) is 12.0. The molecule has 0 saturated heterocycles. The van der Waals surface area contributed by atoms with E-state index in [1.165, 1.54) is 7.11 Å². The predicted octanol–water partition coefficient (Wildman–Crippen LogP) is 2.55. The van der Waals surface area contributed by atoms with Crippen LogP contribution in [0.25, 0.3) is 0 Å². The molecule has 0 aliphatic heterocycles. The topological polar surface area (TPSA) is 44.8 Å². The van der Waals surface area contributed by atoms with E-state index in [0.717, 1.165) is 5.56 Å². The van der Waals surface area contributed by atoms with Crippen molar-refractivity contribution in [3.63, 3.8) is 0 Å². The van der Waals surface area contributed by atoms with Crippen LogP contribution < -0.4 is 0 Å². The summed E-state index contributed by atoms with van der Waals surface area (Å²) < 4.78 is 14.8. The molecule has 0 fully saturated rings. The van der Waals surface area contributed by atoms with Crippen molar-refractivity contribution in [3.05, 3.63) is 35.9 Å². The van der Waals surface area contributed by atoms with Gasteiger partial charge in [0.15, 0.2) is 6.10 Å². The minimum Gasteiger partial charge on any atom is -0.438 e. The summed E-state index contributed by atoms with van der Waals surface area (Å²) in [5.41, 5.74) is 0.877. The minimum atomic E-state index is -0.710. The Hall–Kier alpha value is -1.55. The summed E-state index contributed by atoms with van der Waals surface area (Å²) in [6.07, 6.45) is -1.40. The smallest absolute Gasteiger partial charge is 0.438 e. The molecule has 1 rings (SSSR count). The third-order valence-electron chi connectivity index (χ3n) is 2.32. The summed E-state index contributed by atoms with van der Waals surface area (Å²) in [5, 5.41) is 0. The summed E-state index contributed by atoms with van der Waals surface area (Å²) in [4.78, 5) is 11.1. The Balaban J connectivity index is 2.83. The van der Waals surface area contributed by atoms with Gasteiger partial charge >= 0.3 is 6.16 Å². The summed E-state index contributed by atoms with van der Waals surface area (Å²) in [5.74, 6) is 0. The molecule has 88 valence electrons. The molecule has 4 nitrogen and oxygen atoms in total. The van der Waals surface area contributed by atoms with E-state index in [-0.39, 0.29) is 6.10 Å². The highest BCUT2D eigenvalue weighted by Crippen LogP contribution is 2.23.